The number of anilines is 3. The van der Waals surface area contributed by atoms with E-state index >= 15 is 0 Å². The minimum atomic E-state index is -1.27. The fraction of sp³-hybridized carbons (Fsp3) is 0.556. The molecule has 10 nitrogen and oxygen atoms in total. The summed E-state index contributed by atoms with van der Waals surface area (Å²) in [5, 5.41) is 9.77. The molecule has 4 atom stereocenters. The number of hydrogen-bond acceptors (Lipinski definition) is 6. The molecule has 0 aromatic heterocycles. The van der Waals surface area contributed by atoms with Crippen LogP contribution in [-0.2, 0) is 36.1 Å². The van der Waals surface area contributed by atoms with Crippen LogP contribution in [0.25, 0.3) is 0 Å². The number of benzene rings is 2. The lowest BCUT2D eigenvalue weighted by Crippen LogP contribution is -2.44. The monoisotopic (exact) mass is 628 g/mol. The van der Waals surface area contributed by atoms with Crippen LogP contribution < -0.4 is 14.7 Å². The second-order valence-electron chi connectivity index (χ2n) is 13.6. The molecule has 4 amide bonds. The first-order chi connectivity index (χ1) is 22.3. The summed E-state index contributed by atoms with van der Waals surface area (Å²) in [6.07, 6.45) is 6.74. The number of piperidine rings is 2. The van der Waals surface area contributed by atoms with Gasteiger partial charge in [-0.25, -0.2) is 0 Å². The lowest BCUT2D eigenvalue weighted by Gasteiger charge is -2.30. The third-order valence-corrected chi connectivity index (χ3v) is 10.8. The second kappa shape index (κ2) is 12.4. The van der Waals surface area contributed by atoms with Gasteiger partial charge in [0.05, 0.1) is 37.4 Å². The number of carbonyl (C=O) groups is 4. The van der Waals surface area contributed by atoms with Crippen molar-refractivity contribution in [3.63, 3.8) is 0 Å². The van der Waals surface area contributed by atoms with E-state index in [1.54, 1.807) is 9.80 Å². The Bertz CT molecular complexity index is 1530. The van der Waals surface area contributed by atoms with Crippen LogP contribution >= 0.6 is 0 Å². The maximum Gasteiger partial charge on any atom is 0.264 e. The Morgan fingerprint density at radius 3 is 2.24 bits per heavy atom. The molecule has 1 spiro atoms. The van der Waals surface area contributed by atoms with Crippen molar-refractivity contribution in [3.05, 3.63) is 53.6 Å². The Kier molecular flexibility index (Phi) is 8.35. The Hall–Kier alpha value is -3.76. The molecule has 0 saturated carbocycles. The van der Waals surface area contributed by atoms with E-state index in [4.69, 9.17) is 4.74 Å². The number of rotatable bonds is 7. The third kappa shape index (κ3) is 5.29. The van der Waals surface area contributed by atoms with Crippen LogP contribution in [-0.4, -0.2) is 72.0 Å². The quantitative estimate of drug-likeness (QED) is 0.491. The molecule has 46 heavy (non-hydrogen) atoms. The van der Waals surface area contributed by atoms with Crippen LogP contribution in [0.3, 0.4) is 0 Å². The number of ether oxygens (including phenoxy) is 1. The van der Waals surface area contributed by atoms with Crippen LogP contribution in [0.1, 0.15) is 82.3 Å². The molecule has 4 fully saturated rings. The number of carbonyl (C=O) groups excluding carboxylic acids is 4. The van der Waals surface area contributed by atoms with Crippen molar-refractivity contribution in [2.45, 2.75) is 95.4 Å². The number of fused-ring (bicyclic) bond motifs is 2. The van der Waals surface area contributed by atoms with Crippen LogP contribution in [0, 0.1) is 5.92 Å². The molecular weight excluding hydrogens is 584 g/mol. The Labute approximate surface area is 270 Å². The number of hydrogen-bond donors (Lipinski definition) is 1. The van der Waals surface area contributed by atoms with Crippen molar-refractivity contribution < 1.29 is 29.0 Å². The molecule has 0 radical (unpaired) electrons. The van der Waals surface area contributed by atoms with E-state index in [1.165, 1.54) is 0 Å². The van der Waals surface area contributed by atoms with Crippen molar-refractivity contribution in [2.24, 2.45) is 5.92 Å². The van der Waals surface area contributed by atoms with E-state index in [0.29, 0.717) is 38.9 Å². The summed E-state index contributed by atoms with van der Waals surface area (Å²) in [7, 11) is 0. The van der Waals surface area contributed by atoms with Gasteiger partial charge in [0, 0.05) is 55.3 Å². The summed E-state index contributed by atoms with van der Waals surface area (Å²) in [5.41, 5.74) is 2.81. The fourth-order valence-electron chi connectivity index (χ4n) is 8.30. The lowest BCUT2D eigenvalue weighted by atomic mass is 9.82. The smallest absolute Gasteiger partial charge is 0.264 e. The van der Waals surface area contributed by atoms with Crippen molar-refractivity contribution in [1.82, 2.24) is 4.90 Å². The van der Waals surface area contributed by atoms with Crippen molar-refractivity contribution in [3.8, 4) is 0 Å². The molecule has 10 heteroatoms. The molecule has 0 aliphatic carbocycles. The predicted molar refractivity (Wildman–Crippen MR) is 173 cm³/mol. The number of nitrogens with zero attached hydrogens (tertiary/aromatic N) is 4. The van der Waals surface area contributed by atoms with Gasteiger partial charge in [-0.05, 0) is 80.8 Å². The van der Waals surface area contributed by atoms with Gasteiger partial charge in [0.15, 0.2) is 5.60 Å². The van der Waals surface area contributed by atoms with E-state index in [2.05, 4.69) is 0 Å². The molecule has 4 saturated heterocycles. The van der Waals surface area contributed by atoms with E-state index in [1.807, 2.05) is 59.2 Å². The van der Waals surface area contributed by atoms with Crippen LogP contribution in [0.5, 0.6) is 0 Å². The summed E-state index contributed by atoms with van der Waals surface area (Å²) in [4.78, 5) is 60.5. The van der Waals surface area contributed by atoms with Crippen molar-refractivity contribution >= 4 is 40.7 Å². The summed E-state index contributed by atoms with van der Waals surface area (Å²) < 4.78 is 6.76. The molecule has 2 aromatic rings. The summed E-state index contributed by atoms with van der Waals surface area (Å²) in [6.45, 7) is 4.29. The lowest BCUT2D eigenvalue weighted by molar-refractivity contribution is -0.150. The Morgan fingerprint density at radius 1 is 0.891 bits per heavy atom. The highest BCUT2D eigenvalue weighted by Crippen LogP contribution is 2.55. The first-order valence-electron chi connectivity index (χ1n) is 17.0. The molecule has 0 bridgehead atoms. The normalized spacial score (nSPS) is 28.1. The van der Waals surface area contributed by atoms with E-state index in [-0.39, 0.29) is 48.6 Å². The number of aliphatic hydroxyl groups is 1. The minimum absolute atomic E-state index is 0.0479. The van der Waals surface area contributed by atoms with Gasteiger partial charge in [0.25, 0.3) is 5.91 Å². The minimum Gasteiger partial charge on any atom is -0.394 e. The SMILES string of the molecule is C[C@H]1C[C@@H](CC(=O)N2CCC[C@H]2CO)O[C@]12C(=O)N(Cc1ccc(N3CCCCC3=O)cc1)c1ccc(N3CCCCC3=O)cc12. The molecule has 2 aromatic carbocycles. The van der Waals surface area contributed by atoms with Gasteiger partial charge in [-0.1, -0.05) is 19.1 Å². The van der Waals surface area contributed by atoms with E-state index in [0.717, 1.165) is 73.3 Å². The predicted octanol–water partition coefficient (Wildman–Crippen LogP) is 4.26. The second-order valence-corrected chi connectivity index (χ2v) is 13.6. The topological polar surface area (TPSA) is 111 Å². The van der Waals surface area contributed by atoms with Crippen LogP contribution in [0.4, 0.5) is 17.1 Å². The Morgan fingerprint density at radius 2 is 1.57 bits per heavy atom. The zero-order valence-corrected chi connectivity index (χ0v) is 26.7. The maximum absolute atomic E-state index is 14.6. The fourth-order valence-corrected chi connectivity index (χ4v) is 8.30. The summed E-state index contributed by atoms with van der Waals surface area (Å²) in [6, 6.07) is 13.5. The zero-order chi connectivity index (χ0) is 32.0. The third-order valence-electron chi connectivity index (χ3n) is 10.8. The number of aliphatic hydroxyl groups excluding tert-OH is 1. The molecular formula is C36H44N4O6. The van der Waals surface area contributed by atoms with Gasteiger partial charge >= 0.3 is 0 Å². The molecule has 0 unspecified atom stereocenters. The first kappa shape index (κ1) is 30.9. The van der Waals surface area contributed by atoms with Gasteiger partial charge < -0.3 is 29.4 Å². The van der Waals surface area contributed by atoms with Gasteiger partial charge in [-0.3, -0.25) is 19.2 Å². The van der Waals surface area contributed by atoms with E-state index < -0.39 is 11.7 Å². The molecule has 1 N–H and O–H groups in total. The van der Waals surface area contributed by atoms with Crippen LogP contribution in [0.15, 0.2) is 42.5 Å². The van der Waals surface area contributed by atoms with Gasteiger partial charge in [0.1, 0.15) is 0 Å². The standard InChI is InChI=1S/C36H44N4O6/c1-24-19-29(21-34(44)39-18-6-7-28(39)23-41)46-36(24)30-20-27(38-17-5-3-9-33(38)43)14-15-31(30)40(35(36)45)22-25-10-12-26(13-11-25)37-16-4-2-8-32(37)42/h10-15,20,24,28-29,41H,2-9,16-19,21-23H2,1H3/t24-,28-,29-,36+/m0/s1. The van der Waals surface area contributed by atoms with Crippen molar-refractivity contribution in [2.75, 3.05) is 40.9 Å². The van der Waals surface area contributed by atoms with Gasteiger partial charge in [0.2, 0.25) is 17.7 Å². The highest BCUT2D eigenvalue weighted by Gasteiger charge is 2.60. The molecule has 5 aliphatic rings. The maximum atomic E-state index is 14.6. The summed E-state index contributed by atoms with van der Waals surface area (Å²) in [5.74, 6) is -0.176. The summed E-state index contributed by atoms with van der Waals surface area (Å²) >= 11 is 0. The van der Waals surface area contributed by atoms with Crippen LogP contribution in [0.2, 0.25) is 0 Å². The van der Waals surface area contributed by atoms with Crippen molar-refractivity contribution in [1.29, 1.82) is 0 Å². The Balaban J connectivity index is 1.19. The number of likely N-dealkylation sites (tertiary alicyclic amines) is 1. The van der Waals surface area contributed by atoms with E-state index in [9.17, 15) is 24.3 Å². The van der Waals surface area contributed by atoms with Gasteiger partial charge in [-0.15, -0.1) is 0 Å². The first-order valence-corrected chi connectivity index (χ1v) is 17.0. The molecule has 5 aliphatic heterocycles. The number of amides is 4. The molecule has 5 heterocycles. The largest absolute Gasteiger partial charge is 0.394 e. The molecule has 7 rings (SSSR count). The molecule has 244 valence electrons. The highest BCUT2D eigenvalue weighted by molar-refractivity contribution is 6.08. The zero-order valence-electron chi connectivity index (χ0n) is 26.7. The average Bonchev–Trinajstić information content (AvgIpc) is 3.74. The highest BCUT2D eigenvalue weighted by atomic mass is 16.5. The van der Waals surface area contributed by atoms with Gasteiger partial charge in [-0.2, -0.15) is 0 Å². The average molecular weight is 629 g/mol.